The van der Waals surface area contributed by atoms with Gasteiger partial charge in [-0.15, -0.1) is 0 Å². The molecule has 0 saturated heterocycles. The smallest absolute Gasteiger partial charge is 0.191 e. The summed E-state index contributed by atoms with van der Waals surface area (Å²) in [6.07, 6.45) is 0.971. The number of hydrogen-bond acceptors (Lipinski definition) is 4. The van der Waals surface area contributed by atoms with Crippen LogP contribution in [0.2, 0.25) is 0 Å². The molecule has 2 rings (SSSR count). The molecule has 0 fully saturated rings. The molecule has 0 saturated carbocycles. The molecule has 0 radical (unpaired) electrons. The van der Waals surface area contributed by atoms with E-state index < -0.39 is 0 Å². The van der Waals surface area contributed by atoms with E-state index in [-0.39, 0.29) is 0 Å². The summed E-state index contributed by atoms with van der Waals surface area (Å²) in [6.45, 7) is 6.46. The number of hydrogen-bond donors (Lipinski definition) is 2. The van der Waals surface area contributed by atoms with Gasteiger partial charge in [0.15, 0.2) is 17.5 Å². The van der Waals surface area contributed by atoms with Crippen LogP contribution in [0.15, 0.2) is 29.3 Å². The van der Waals surface area contributed by atoms with Gasteiger partial charge in [0.05, 0.1) is 19.9 Å². The van der Waals surface area contributed by atoms with Crippen LogP contribution in [0.25, 0.3) is 0 Å². The Kier molecular flexibility index (Phi) is 7.32. The largest absolute Gasteiger partial charge is 0.493 e. The highest BCUT2D eigenvalue weighted by molar-refractivity contribution is 5.79. The van der Waals surface area contributed by atoms with Crippen LogP contribution in [-0.4, -0.2) is 43.6 Å². The summed E-state index contributed by atoms with van der Waals surface area (Å²) in [5.41, 5.74) is 3.34. The van der Waals surface area contributed by atoms with Crippen molar-refractivity contribution in [1.29, 1.82) is 0 Å². The zero-order valence-electron chi connectivity index (χ0n) is 16.3. The molecule has 26 heavy (non-hydrogen) atoms. The minimum Gasteiger partial charge on any atom is -0.493 e. The molecule has 2 aromatic rings. The second kappa shape index (κ2) is 9.70. The van der Waals surface area contributed by atoms with Gasteiger partial charge < -0.3 is 20.1 Å². The van der Waals surface area contributed by atoms with E-state index in [4.69, 9.17) is 9.47 Å². The molecule has 1 aromatic carbocycles. The molecule has 1 heterocycles. The fourth-order valence-corrected chi connectivity index (χ4v) is 2.73. The van der Waals surface area contributed by atoms with E-state index in [1.54, 1.807) is 21.3 Å². The van der Waals surface area contributed by atoms with Gasteiger partial charge in [-0.05, 0) is 44.0 Å². The van der Waals surface area contributed by atoms with Gasteiger partial charge in [-0.1, -0.05) is 6.07 Å². The topological polar surface area (TPSA) is 72.7 Å². The van der Waals surface area contributed by atoms with E-state index in [2.05, 4.69) is 33.7 Å². The van der Waals surface area contributed by atoms with Crippen molar-refractivity contribution in [1.82, 2.24) is 20.4 Å². The highest BCUT2D eigenvalue weighted by atomic mass is 16.5. The number of aliphatic imine (C=N–C) groups is 1. The molecule has 2 N–H and O–H groups in total. The Bertz CT molecular complexity index is 740. The van der Waals surface area contributed by atoms with Crippen LogP contribution in [-0.2, 0) is 13.1 Å². The number of nitrogens with zero attached hydrogens (tertiary/aromatic N) is 3. The Labute approximate surface area is 155 Å². The number of benzene rings is 1. The highest BCUT2D eigenvalue weighted by Gasteiger charge is 2.05. The predicted molar refractivity (Wildman–Crippen MR) is 104 cm³/mol. The summed E-state index contributed by atoms with van der Waals surface area (Å²) in [6, 6.07) is 7.96. The summed E-state index contributed by atoms with van der Waals surface area (Å²) in [5.74, 6) is 2.22. The number of rotatable bonds is 8. The predicted octanol–water partition coefficient (Wildman–Crippen LogP) is 2.27. The van der Waals surface area contributed by atoms with E-state index in [1.807, 2.05) is 29.8 Å². The standard InChI is InChI=1S/C19H29N5O2/c1-14-11-15(2)24(23-14)10-6-9-21-19(20-3)22-13-16-7-8-17(25-4)18(12-16)26-5/h7-8,11-12H,6,9-10,13H2,1-5H3,(H2,20,21,22). The van der Waals surface area contributed by atoms with Gasteiger partial charge in [0.25, 0.3) is 0 Å². The van der Waals surface area contributed by atoms with Crippen molar-refractivity contribution in [3.8, 4) is 11.5 Å². The SMILES string of the molecule is CN=C(NCCCn1nc(C)cc1C)NCc1ccc(OC)c(OC)c1. The van der Waals surface area contributed by atoms with Crippen LogP contribution in [0.1, 0.15) is 23.4 Å². The molecule has 0 spiro atoms. The van der Waals surface area contributed by atoms with Crippen LogP contribution in [0.4, 0.5) is 0 Å². The maximum absolute atomic E-state index is 5.34. The van der Waals surface area contributed by atoms with E-state index in [9.17, 15) is 0 Å². The lowest BCUT2D eigenvalue weighted by atomic mass is 10.2. The van der Waals surface area contributed by atoms with Gasteiger partial charge in [-0.2, -0.15) is 5.10 Å². The minimum atomic E-state index is 0.650. The summed E-state index contributed by atoms with van der Waals surface area (Å²) >= 11 is 0. The van der Waals surface area contributed by atoms with Gasteiger partial charge in [0, 0.05) is 32.4 Å². The lowest BCUT2D eigenvalue weighted by molar-refractivity contribution is 0.354. The van der Waals surface area contributed by atoms with Crippen molar-refractivity contribution in [2.24, 2.45) is 4.99 Å². The maximum atomic E-state index is 5.34. The van der Waals surface area contributed by atoms with Gasteiger partial charge in [-0.3, -0.25) is 9.67 Å². The summed E-state index contributed by atoms with van der Waals surface area (Å²) in [5, 5.41) is 11.1. The molecule has 0 atom stereocenters. The van der Waals surface area contributed by atoms with E-state index in [1.165, 1.54) is 5.69 Å². The minimum absolute atomic E-state index is 0.650. The number of aryl methyl sites for hydroxylation is 3. The Morgan fingerprint density at radius 2 is 1.88 bits per heavy atom. The first-order valence-electron chi connectivity index (χ1n) is 8.74. The molecule has 0 aliphatic carbocycles. The second-order valence-electron chi connectivity index (χ2n) is 6.05. The normalized spacial score (nSPS) is 11.3. The van der Waals surface area contributed by atoms with Crippen molar-refractivity contribution < 1.29 is 9.47 Å². The van der Waals surface area contributed by atoms with Gasteiger partial charge >= 0.3 is 0 Å². The Morgan fingerprint density at radius 3 is 2.50 bits per heavy atom. The Balaban J connectivity index is 1.78. The fourth-order valence-electron chi connectivity index (χ4n) is 2.73. The van der Waals surface area contributed by atoms with Gasteiger partial charge in [-0.25, -0.2) is 0 Å². The summed E-state index contributed by atoms with van der Waals surface area (Å²) < 4.78 is 12.6. The van der Waals surface area contributed by atoms with Crippen LogP contribution >= 0.6 is 0 Å². The van der Waals surface area contributed by atoms with Crippen LogP contribution in [0, 0.1) is 13.8 Å². The summed E-state index contributed by atoms with van der Waals surface area (Å²) in [4.78, 5) is 4.26. The Morgan fingerprint density at radius 1 is 1.12 bits per heavy atom. The summed E-state index contributed by atoms with van der Waals surface area (Å²) in [7, 11) is 5.04. The zero-order valence-corrected chi connectivity index (χ0v) is 16.3. The molecule has 142 valence electrons. The zero-order chi connectivity index (χ0) is 18.9. The Hall–Kier alpha value is -2.70. The first-order chi connectivity index (χ1) is 12.6. The molecule has 0 bridgehead atoms. The highest BCUT2D eigenvalue weighted by Crippen LogP contribution is 2.27. The number of ether oxygens (including phenoxy) is 2. The molecule has 1 aromatic heterocycles. The average Bonchev–Trinajstić information content (AvgIpc) is 2.98. The first kappa shape index (κ1) is 19.6. The molecule has 7 heteroatoms. The third kappa shape index (κ3) is 5.40. The van der Waals surface area contributed by atoms with E-state index in [0.717, 1.165) is 48.2 Å². The maximum Gasteiger partial charge on any atom is 0.191 e. The molecule has 0 amide bonds. The van der Waals surface area contributed by atoms with Crippen molar-refractivity contribution in [3.05, 3.63) is 41.2 Å². The number of nitrogens with one attached hydrogen (secondary N) is 2. The number of methoxy groups -OCH3 is 2. The molecule has 0 unspecified atom stereocenters. The number of guanidine groups is 1. The second-order valence-corrected chi connectivity index (χ2v) is 6.05. The molecular formula is C19H29N5O2. The average molecular weight is 359 g/mol. The van der Waals surface area contributed by atoms with Crippen molar-refractivity contribution in [2.75, 3.05) is 27.8 Å². The van der Waals surface area contributed by atoms with E-state index in [0.29, 0.717) is 6.54 Å². The lowest BCUT2D eigenvalue weighted by Gasteiger charge is -2.13. The van der Waals surface area contributed by atoms with Crippen LogP contribution in [0.5, 0.6) is 11.5 Å². The molecule has 0 aliphatic heterocycles. The van der Waals surface area contributed by atoms with Crippen molar-refractivity contribution in [3.63, 3.8) is 0 Å². The monoisotopic (exact) mass is 359 g/mol. The van der Waals surface area contributed by atoms with Crippen LogP contribution in [0.3, 0.4) is 0 Å². The first-order valence-corrected chi connectivity index (χ1v) is 8.74. The van der Waals surface area contributed by atoms with Crippen molar-refractivity contribution >= 4 is 5.96 Å². The lowest BCUT2D eigenvalue weighted by Crippen LogP contribution is -2.37. The van der Waals surface area contributed by atoms with Crippen molar-refractivity contribution in [2.45, 2.75) is 33.4 Å². The van der Waals surface area contributed by atoms with E-state index >= 15 is 0 Å². The van der Waals surface area contributed by atoms with Crippen LogP contribution < -0.4 is 20.1 Å². The third-order valence-corrected chi connectivity index (χ3v) is 4.07. The van der Waals surface area contributed by atoms with Gasteiger partial charge in [0.1, 0.15) is 0 Å². The third-order valence-electron chi connectivity index (χ3n) is 4.07. The van der Waals surface area contributed by atoms with Gasteiger partial charge in [0.2, 0.25) is 0 Å². The quantitative estimate of drug-likeness (QED) is 0.430. The molecule has 0 aliphatic rings. The molecule has 7 nitrogen and oxygen atoms in total. The fraction of sp³-hybridized carbons (Fsp3) is 0.474. The molecular weight excluding hydrogens is 330 g/mol. The number of aromatic nitrogens is 2.